The molecule has 0 aliphatic rings. The maximum absolute atomic E-state index is 12.4. The van der Waals surface area contributed by atoms with Crippen molar-refractivity contribution in [3.63, 3.8) is 0 Å². The maximum atomic E-state index is 12.4. The molecule has 2 aromatic rings. The molecule has 1 heterocycles. The number of para-hydroxylation sites is 1. The highest BCUT2D eigenvalue weighted by Gasteiger charge is 2.15. The normalized spacial score (nSPS) is 11.3. The van der Waals surface area contributed by atoms with Crippen LogP contribution >= 0.6 is 0 Å². The average Bonchev–Trinajstić information content (AvgIpc) is 2.61. The zero-order valence-electron chi connectivity index (χ0n) is 17.3. The highest BCUT2D eigenvalue weighted by molar-refractivity contribution is 5.94. The molecule has 0 saturated heterocycles. The smallest absolute Gasteiger partial charge is 0.252 e. The van der Waals surface area contributed by atoms with E-state index in [1.54, 1.807) is 12.4 Å². The van der Waals surface area contributed by atoms with Crippen molar-refractivity contribution in [2.24, 2.45) is 0 Å². The topological polar surface area (TPSA) is 57.3 Å². The number of amides is 1. The van der Waals surface area contributed by atoms with Gasteiger partial charge >= 0.3 is 0 Å². The predicted octanol–water partition coefficient (Wildman–Crippen LogP) is 4.36. The van der Waals surface area contributed by atoms with E-state index in [2.05, 4.69) is 61.5 Å². The van der Waals surface area contributed by atoms with Gasteiger partial charge in [0.2, 0.25) is 0 Å². The second-order valence-electron chi connectivity index (χ2n) is 7.77. The molecule has 0 atom stereocenters. The van der Waals surface area contributed by atoms with Crippen molar-refractivity contribution in [3.05, 3.63) is 53.3 Å². The van der Waals surface area contributed by atoms with E-state index in [-0.39, 0.29) is 5.91 Å². The number of nitrogens with zero attached hydrogens (tertiary/aromatic N) is 2. The van der Waals surface area contributed by atoms with Crippen molar-refractivity contribution in [3.8, 4) is 0 Å². The molecule has 27 heavy (non-hydrogen) atoms. The van der Waals surface area contributed by atoms with Crippen LogP contribution in [0.4, 0.5) is 11.4 Å². The van der Waals surface area contributed by atoms with Gasteiger partial charge in [0.05, 0.1) is 17.4 Å². The molecule has 5 heteroatoms. The number of aromatic nitrogens is 1. The lowest BCUT2D eigenvalue weighted by atomic mass is 9.92. The van der Waals surface area contributed by atoms with Crippen molar-refractivity contribution in [2.45, 2.75) is 39.5 Å². The number of benzene rings is 1. The largest absolute Gasteiger partial charge is 0.354 e. The molecule has 146 valence electrons. The minimum Gasteiger partial charge on any atom is -0.354 e. The summed E-state index contributed by atoms with van der Waals surface area (Å²) in [6.07, 6.45) is 3.37. The predicted molar refractivity (Wildman–Crippen MR) is 113 cm³/mol. The summed E-state index contributed by atoms with van der Waals surface area (Å²) in [4.78, 5) is 18.7. The van der Waals surface area contributed by atoms with Crippen LogP contribution in [0.3, 0.4) is 0 Å². The monoisotopic (exact) mass is 368 g/mol. The Labute approximate surface area is 163 Å². The molecule has 2 N–H and O–H groups in total. The molecule has 0 radical (unpaired) electrons. The Morgan fingerprint density at radius 3 is 2.26 bits per heavy atom. The van der Waals surface area contributed by atoms with Crippen molar-refractivity contribution in [2.75, 3.05) is 32.5 Å². The third-order valence-electron chi connectivity index (χ3n) is 4.49. The van der Waals surface area contributed by atoms with Gasteiger partial charge in [-0.05, 0) is 43.1 Å². The molecule has 0 spiro atoms. The van der Waals surface area contributed by atoms with E-state index in [1.807, 2.05) is 25.1 Å². The van der Waals surface area contributed by atoms with E-state index in [1.165, 1.54) is 11.1 Å². The second kappa shape index (κ2) is 9.51. The number of rotatable bonds is 8. The Morgan fingerprint density at radius 2 is 1.70 bits per heavy atom. The Kier molecular flexibility index (Phi) is 7.36. The zero-order valence-corrected chi connectivity index (χ0v) is 17.3. The highest BCUT2D eigenvalue weighted by Crippen LogP contribution is 2.34. The van der Waals surface area contributed by atoms with Crippen LogP contribution in [0, 0.1) is 0 Å². The van der Waals surface area contributed by atoms with Crippen LogP contribution in [0.2, 0.25) is 0 Å². The Morgan fingerprint density at radius 1 is 1.07 bits per heavy atom. The number of carbonyl (C=O) groups is 1. The first-order chi connectivity index (χ1) is 12.8. The van der Waals surface area contributed by atoms with Crippen LogP contribution in [0.15, 0.2) is 36.7 Å². The minimum absolute atomic E-state index is 0.103. The molecule has 0 fully saturated rings. The number of anilines is 2. The molecular weight excluding hydrogens is 336 g/mol. The standard InChI is InChI=1S/C22H32N4O/c1-15(2)19-8-7-9-20(16(3)4)21(19)25-18-12-17(13-23-14-18)22(27)24-10-11-26(5)6/h7-9,12-16,25H,10-11H2,1-6H3,(H,24,27). The molecule has 5 nitrogen and oxygen atoms in total. The lowest BCUT2D eigenvalue weighted by Gasteiger charge is -2.21. The molecule has 0 aliphatic carbocycles. The number of likely N-dealkylation sites (N-methyl/N-ethyl adjacent to an activating group) is 1. The van der Waals surface area contributed by atoms with E-state index in [9.17, 15) is 4.79 Å². The van der Waals surface area contributed by atoms with Crippen LogP contribution in [0.25, 0.3) is 0 Å². The average molecular weight is 369 g/mol. The number of pyridine rings is 1. The summed E-state index contributed by atoms with van der Waals surface area (Å²) in [5.41, 5.74) is 5.04. The number of hydrogen-bond acceptors (Lipinski definition) is 4. The fraction of sp³-hybridized carbons (Fsp3) is 0.455. The Bertz CT molecular complexity index is 742. The highest BCUT2D eigenvalue weighted by atomic mass is 16.1. The molecule has 2 rings (SSSR count). The molecule has 0 aliphatic heterocycles. The summed E-state index contributed by atoms with van der Waals surface area (Å²) in [6.45, 7) is 10.2. The van der Waals surface area contributed by atoms with Crippen LogP contribution in [-0.4, -0.2) is 43.0 Å². The van der Waals surface area contributed by atoms with Crippen LogP contribution in [0.1, 0.15) is 61.0 Å². The first-order valence-corrected chi connectivity index (χ1v) is 9.57. The molecule has 0 unspecified atom stereocenters. The van der Waals surface area contributed by atoms with Crippen molar-refractivity contribution in [1.82, 2.24) is 15.2 Å². The Hall–Kier alpha value is -2.40. The summed E-state index contributed by atoms with van der Waals surface area (Å²) >= 11 is 0. The summed E-state index contributed by atoms with van der Waals surface area (Å²) in [7, 11) is 3.97. The number of hydrogen-bond donors (Lipinski definition) is 2. The van der Waals surface area contributed by atoms with Gasteiger partial charge in [-0.25, -0.2) is 0 Å². The zero-order chi connectivity index (χ0) is 20.0. The van der Waals surface area contributed by atoms with Gasteiger partial charge in [-0.1, -0.05) is 45.9 Å². The van der Waals surface area contributed by atoms with Gasteiger partial charge in [0.25, 0.3) is 5.91 Å². The lowest BCUT2D eigenvalue weighted by Crippen LogP contribution is -2.31. The maximum Gasteiger partial charge on any atom is 0.252 e. The number of nitrogens with one attached hydrogen (secondary N) is 2. The number of carbonyl (C=O) groups excluding carboxylic acids is 1. The van der Waals surface area contributed by atoms with Crippen molar-refractivity contribution in [1.29, 1.82) is 0 Å². The van der Waals surface area contributed by atoms with Gasteiger partial charge in [-0.15, -0.1) is 0 Å². The van der Waals surface area contributed by atoms with Crippen LogP contribution in [-0.2, 0) is 0 Å². The SMILES string of the molecule is CC(C)c1cccc(C(C)C)c1Nc1cncc(C(=O)NCCN(C)C)c1. The van der Waals surface area contributed by atoms with E-state index in [0.717, 1.165) is 17.9 Å². The van der Waals surface area contributed by atoms with E-state index >= 15 is 0 Å². The molecule has 0 saturated carbocycles. The van der Waals surface area contributed by atoms with Crippen LogP contribution < -0.4 is 10.6 Å². The first-order valence-electron chi connectivity index (χ1n) is 9.57. The fourth-order valence-corrected chi connectivity index (χ4v) is 2.97. The third-order valence-corrected chi connectivity index (χ3v) is 4.49. The van der Waals surface area contributed by atoms with E-state index < -0.39 is 0 Å². The molecule has 0 bridgehead atoms. The Balaban J connectivity index is 2.25. The van der Waals surface area contributed by atoms with Crippen molar-refractivity contribution >= 4 is 17.3 Å². The van der Waals surface area contributed by atoms with Gasteiger partial charge in [-0.2, -0.15) is 0 Å². The second-order valence-corrected chi connectivity index (χ2v) is 7.77. The third kappa shape index (κ3) is 5.79. The van der Waals surface area contributed by atoms with Gasteiger partial charge in [0, 0.05) is 25.0 Å². The van der Waals surface area contributed by atoms with Gasteiger partial charge in [0.15, 0.2) is 0 Å². The molecule has 1 amide bonds. The van der Waals surface area contributed by atoms with Crippen molar-refractivity contribution < 1.29 is 4.79 Å². The first kappa shape index (κ1) is 20.9. The molecule has 1 aromatic heterocycles. The van der Waals surface area contributed by atoms with E-state index in [4.69, 9.17) is 0 Å². The quantitative estimate of drug-likeness (QED) is 0.727. The molecule has 1 aromatic carbocycles. The van der Waals surface area contributed by atoms with Gasteiger partial charge in [0.1, 0.15) is 0 Å². The van der Waals surface area contributed by atoms with Crippen LogP contribution in [0.5, 0.6) is 0 Å². The fourth-order valence-electron chi connectivity index (χ4n) is 2.97. The summed E-state index contributed by atoms with van der Waals surface area (Å²) in [6, 6.07) is 8.29. The minimum atomic E-state index is -0.103. The van der Waals surface area contributed by atoms with Gasteiger partial charge in [-0.3, -0.25) is 9.78 Å². The summed E-state index contributed by atoms with van der Waals surface area (Å²) in [5, 5.41) is 6.45. The van der Waals surface area contributed by atoms with Gasteiger partial charge < -0.3 is 15.5 Å². The van der Waals surface area contributed by atoms with E-state index in [0.29, 0.717) is 23.9 Å². The molecular formula is C22H32N4O. The lowest BCUT2D eigenvalue weighted by molar-refractivity contribution is 0.0950. The summed E-state index contributed by atoms with van der Waals surface area (Å²) < 4.78 is 0. The summed E-state index contributed by atoms with van der Waals surface area (Å²) in [5.74, 6) is 0.697.